The van der Waals surface area contributed by atoms with Gasteiger partial charge < -0.3 is 15.4 Å². The predicted molar refractivity (Wildman–Crippen MR) is 105 cm³/mol. The second-order valence-corrected chi connectivity index (χ2v) is 10.5. The molecule has 2 rings (SSSR count). The smallest absolute Gasteiger partial charge is 0.406 e. The maximum absolute atomic E-state index is 12.3. The fraction of sp³-hybridized carbons (Fsp3) is 0.632. The van der Waals surface area contributed by atoms with Crippen LogP contribution in [0.3, 0.4) is 0 Å². The topological polar surface area (TPSA) is 96.5 Å². The number of nitrogens with one attached hydrogen (secondary N) is 3. The molecule has 0 atom stereocenters. The highest BCUT2D eigenvalue weighted by atomic mass is 32.2. The average molecular weight is 452 g/mol. The van der Waals surface area contributed by atoms with E-state index in [0.717, 1.165) is 37.1 Å². The van der Waals surface area contributed by atoms with Crippen LogP contribution in [0.25, 0.3) is 0 Å². The minimum Gasteiger partial charge on any atom is -0.406 e. The summed E-state index contributed by atoms with van der Waals surface area (Å²) in [6, 6.07) is 3.80. The number of hydrogen-bond donors (Lipinski definition) is 3. The first-order valence-electron chi connectivity index (χ1n) is 9.51. The van der Waals surface area contributed by atoms with Crippen molar-refractivity contribution in [1.29, 1.82) is 0 Å². The molecule has 0 saturated carbocycles. The van der Waals surface area contributed by atoms with Gasteiger partial charge in [-0.05, 0) is 64.8 Å². The number of alkyl halides is 3. The number of rotatable bonds is 7. The molecule has 0 bridgehead atoms. The van der Waals surface area contributed by atoms with Gasteiger partial charge in [0.1, 0.15) is 5.75 Å². The number of carbonyl (C=O) groups excluding carboxylic acids is 1. The molecule has 1 saturated heterocycles. The Bertz CT molecular complexity index is 837. The summed E-state index contributed by atoms with van der Waals surface area (Å²) < 4.78 is 67.0. The number of halogens is 3. The molecule has 1 heterocycles. The van der Waals surface area contributed by atoms with Crippen molar-refractivity contribution in [2.75, 3.05) is 6.54 Å². The SMILES string of the molecule is CC1(C)CC(NC(=O)CCNS(=O)(=O)c2ccc(OC(F)(F)F)cc2)CC(C)(C)N1. The molecular weight excluding hydrogens is 423 g/mol. The van der Waals surface area contributed by atoms with Crippen molar-refractivity contribution < 1.29 is 31.1 Å². The molecule has 3 N–H and O–H groups in total. The van der Waals surface area contributed by atoms with Crippen molar-refractivity contribution in [3.63, 3.8) is 0 Å². The summed E-state index contributed by atoms with van der Waals surface area (Å²) >= 11 is 0. The largest absolute Gasteiger partial charge is 0.573 e. The predicted octanol–water partition coefficient (Wildman–Crippen LogP) is 2.68. The Morgan fingerprint density at radius 1 is 1.13 bits per heavy atom. The van der Waals surface area contributed by atoms with Crippen LogP contribution in [0.1, 0.15) is 47.0 Å². The first-order valence-corrected chi connectivity index (χ1v) is 11.0. The van der Waals surface area contributed by atoms with Crippen molar-refractivity contribution >= 4 is 15.9 Å². The van der Waals surface area contributed by atoms with E-state index in [0.29, 0.717) is 0 Å². The number of piperidine rings is 1. The number of carbonyl (C=O) groups is 1. The highest BCUT2D eigenvalue weighted by Crippen LogP contribution is 2.28. The number of sulfonamides is 1. The quantitative estimate of drug-likeness (QED) is 0.592. The van der Waals surface area contributed by atoms with Gasteiger partial charge in [-0.3, -0.25) is 4.79 Å². The zero-order chi connectivity index (χ0) is 22.8. The Balaban J connectivity index is 1.85. The van der Waals surface area contributed by atoms with Crippen molar-refractivity contribution in [2.45, 2.75) is 75.3 Å². The summed E-state index contributed by atoms with van der Waals surface area (Å²) in [5.41, 5.74) is -0.271. The molecule has 1 fully saturated rings. The van der Waals surface area contributed by atoms with Crippen LogP contribution in [0.15, 0.2) is 29.2 Å². The average Bonchev–Trinajstić information content (AvgIpc) is 2.50. The fourth-order valence-corrected chi connectivity index (χ4v) is 4.96. The Morgan fingerprint density at radius 2 is 1.67 bits per heavy atom. The third kappa shape index (κ3) is 7.77. The summed E-state index contributed by atoms with van der Waals surface area (Å²) in [5.74, 6) is -0.793. The maximum atomic E-state index is 12.3. The molecule has 7 nitrogen and oxygen atoms in total. The first-order chi connectivity index (χ1) is 13.6. The van der Waals surface area contributed by atoms with Gasteiger partial charge in [0.05, 0.1) is 4.90 Å². The van der Waals surface area contributed by atoms with Gasteiger partial charge in [-0.1, -0.05) is 0 Å². The van der Waals surface area contributed by atoms with Crippen LogP contribution in [0.5, 0.6) is 5.75 Å². The van der Waals surface area contributed by atoms with Gasteiger partial charge in [0.15, 0.2) is 0 Å². The lowest BCUT2D eigenvalue weighted by molar-refractivity contribution is -0.274. The van der Waals surface area contributed by atoms with Crippen LogP contribution in [-0.4, -0.2) is 44.4 Å². The molecule has 11 heteroatoms. The van der Waals surface area contributed by atoms with E-state index in [1.165, 1.54) is 0 Å². The third-order valence-electron chi connectivity index (χ3n) is 4.57. The highest BCUT2D eigenvalue weighted by Gasteiger charge is 2.38. The summed E-state index contributed by atoms with van der Waals surface area (Å²) in [6.07, 6.45) is -3.41. The minimum atomic E-state index is -4.86. The molecule has 1 aliphatic heterocycles. The van der Waals surface area contributed by atoms with E-state index < -0.39 is 22.1 Å². The van der Waals surface area contributed by atoms with Gasteiger partial charge in [0.2, 0.25) is 15.9 Å². The lowest BCUT2D eigenvalue weighted by atomic mass is 9.79. The molecule has 30 heavy (non-hydrogen) atoms. The molecule has 1 aromatic rings. The zero-order valence-electron chi connectivity index (χ0n) is 17.4. The van der Waals surface area contributed by atoms with Gasteiger partial charge in [-0.25, -0.2) is 13.1 Å². The number of ether oxygens (including phenoxy) is 1. The summed E-state index contributed by atoms with van der Waals surface area (Å²) in [7, 11) is -3.96. The lowest BCUT2D eigenvalue weighted by Gasteiger charge is -2.46. The van der Waals surface area contributed by atoms with Crippen LogP contribution in [0, 0.1) is 0 Å². The number of amides is 1. The third-order valence-corrected chi connectivity index (χ3v) is 6.04. The van der Waals surface area contributed by atoms with Crippen molar-refractivity contribution in [2.24, 2.45) is 0 Å². The van der Waals surface area contributed by atoms with Gasteiger partial charge in [-0.2, -0.15) is 0 Å². The summed E-state index contributed by atoms with van der Waals surface area (Å²) in [4.78, 5) is 12.0. The van der Waals surface area contributed by atoms with Gasteiger partial charge in [0, 0.05) is 30.1 Å². The van der Waals surface area contributed by atoms with E-state index in [4.69, 9.17) is 0 Å². The summed E-state index contributed by atoms with van der Waals surface area (Å²) in [6.45, 7) is 8.11. The van der Waals surface area contributed by atoms with Crippen LogP contribution in [0.2, 0.25) is 0 Å². The number of benzene rings is 1. The first kappa shape index (κ1) is 24.4. The standard InChI is InChI=1S/C19H28F3N3O4S/c1-17(2)11-13(12-18(3,4)25-17)24-16(26)9-10-23-30(27,28)15-7-5-14(6-8-15)29-19(20,21)22/h5-8,13,23,25H,9-12H2,1-4H3,(H,24,26). The van der Waals surface area contributed by atoms with E-state index in [-0.39, 0.29) is 40.9 Å². The minimum absolute atomic E-state index is 0.0264. The van der Waals surface area contributed by atoms with Crippen LogP contribution in [0.4, 0.5) is 13.2 Å². The van der Waals surface area contributed by atoms with Crippen LogP contribution >= 0.6 is 0 Å². The number of hydrogen-bond acceptors (Lipinski definition) is 5. The monoisotopic (exact) mass is 451 g/mol. The van der Waals surface area contributed by atoms with E-state index in [9.17, 15) is 26.4 Å². The Labute approximate surface area is 174 Å². The molecule has 0 aliphatic carbocycles. The van der Waals surface area contributed by atoms with Crippen molar-refractivity contribution in [1.82, 2.24) is 15.4 Å². The lowest BCUT2D eigenvalue weighted by Crippen LogP contribution is -2.62. The van der Waals surface area contributed by atoms with E-state index >= 15 is 0 Å². The zero-order valence-corrected chi connectivity index (χ0v) is 18.2. The highest BCUT2D eigenvalue weighted by molar-refractivity contribution is 7.89. The Kier molecular flexibility index (Phi) is 7.10. The second-order valence-electron chi connectivity index (χ2n) is 8.73. The molecule has 0 radical (unpaired) electrons. The van der Waals surface area contributed by atoms with Crippen LogP contribution in [-0.2, 0) is 14.8 Å². The van der Waals surface area contributed by atoms with Gasteiger partial charge >= 0.3 is 6.36 Å². The normalized spacial score (nSPS) is 19.3. The Hall–Kier alpha value is -1.85. The van der Waals surface area contributed by atoms with Crippen molar-refractivity contribution in [3.05, 3.63) is 24.3 Å². The summed E-state index contributed by atoms with van der Waals surface area (Å²) in [5, 5.41) is 6.47. The second kappa shape index (κ2) is 8.72. The van der Waals surface area contributed by atoms with E-state index in [1.54, 1.807) is 0 Å². The molecule has 1 aromatic carbocycles. The molecule has 170 valence electrons. The molecule has 0 spiro atoms. The van der Waals surface area contributed by atoms with E-state index in [2.05, 4.69) is 47.8 Å². The molecule has 1 aliphatic rings. The van der Waals surface area contributed by atoms with Crippen molar-refractivity contribution in [3.8, 4) is 5.75 Å². The van der Waals surface area contributed by atoms with Gasteiger partial charge in [-0.15, -0.1) is 13.2 Å². The molecule has 0 aromatic heterocycles. The van der Waals surface area contributed by atoms with Gasteiger partial charge in [0.25, 0.3) is 0 Å². The Morgan fingerprint density at radius 3 is 2.17 bits per heavy atom. The molecule has 0 unspecified atom stereocenters. The molecular formula is C19H28F3N3O4S. The molecule has 1 amide bonds. The fourth-order valence-electron chi connectivity index (χ4n) is 3.93. The maximum Gasteiger partial charge on any atom is 0.573 e. The van der Waals surface area contributed by atoms with E-state index in [1.807, 2.05) is 0 Å². The van der Waals surface area contributed by atoms with Crippen LogP contribution < -0.4 is 20.1 Å².